The fraction of sp³-hybridized carbons (Fsp3) is 0.450. The molecule has 0 aliphatic carbocycles. The highest BCUT2D eigenvalue weighted by molar-refractivity contribution is 5.98. The van der Waals surface area contributed by atoms with Crippen LogP contribution in [0.1, 0.15) is 35.3 Å². The lowest BCUT2D eigenvalue weighted by molar-refractivity contribution is 0.0940. The van der Waals surface area contributed by atoms with Gasteiger partial charge in [-0.25, -0.2) is 0 Å². The standard InChI is InChI=1S/C20H26N4O/c25-20(23-13-14-3-7-21-8-4-14)19-12-17-2-1-16(11-18(17)24-19)15-5-9-22-10-6-15/h1-2,5,11-12,14,21-22,24H,3-4,6-10,13H2,(H,23,25). The molecule has 3 heterocycles. The van der Waals surface area contributed by atoms with Crippen LogP contribution in [-0.2, 0) is 0 Å². The van der Waals surface area contributed by atoms with Crippen LogP contribution in [0.25, 0.3) is 16.5 Å². The Kier molecular flexibility index (Phi) is 4.85. The molecule has 2 aliphatic rings. The van der Waals surface area contributed by atoms with Gasteiger partial charge in [-0.05, 0) is 68.1 Å². The van der Waals surface area contributed by atoms with Crippen LogP contribution in [0, 0.1) is 5.92 Å². The number of hydrogen-bond donors (Lipinski definition) is 4. The van der Waals surface area contributed by atoms with E-state index in [0.29, 0.717) is 11.6 Å². The van der Waals surface area contributed by atoms with Gasteiger partial charge in [0.25, 0.3) is 5.91 Å². The van der Waals surface area contributed by atoms with E-state index in [1.165, 1.54) is 11.1 Å². The van der Waals surface area contributed by atoms with E-state index in [1.807, 2.05) is 6.07 Å². The quantitative estimate of drug-likeness (QED) is 0.691. The molecule has 1 amide bonds. The van der Waals surface area contributed by atoms with Gasteiger partial charge in [0.15, 0.2) is 0 Å². The fourth-order valence-electron chi connectivity index (χ4n) is 3.75. The zero-order chi connectivity index (χ0) is 17.1. The summed E-state index contributed by atoms with van der Waals surface area (Å²) >= 11 is 0. The molecule has 0 spiro atoms. The lowest BCUT2D eigenvalue weighted by Crippen LogP contribution is -2.36. The molecule has 1 aromatic carbocycles. The summed E-state index contributed by atoms with van der Waals surface area (Å²) in [7, 11) is 0. The van der Waals surface area contributed by atoms with Gasteiger partial charge >= 0.3 is 0 Å². The van der Waals surface area contributed by atoms with E-state index in [4.69, 9.17) is 0 Å². The zero-order valence-corrected chi connectivity index (χ0v) is 14.5. The highest BCUT2D eigenvalue weighted by Gasteiger charge is 2.16. The first-order valence-corrected chi connectivity index (χ1v) is 9.31. The maximum Gasteiger partial charge on any atom is 0.267 e. The summed E-state index contributed by atoms with van der Waals surface area (Å²) in [6.07, 6.45) is 5.58. The van der Waals surface area contributed by atoms with Crippen molar-refractivity contribution >= 4 is 22.4 Å². The Morgan fingerprint density at radius 1 is 1.12 bits per heavy atom. The summed E-state index contributed by atoms with van der Waals surface area (Å²) in [5.74, 6) is 0.588. The zero-order valence-electron chi connectivity index (χ0n) is 14.5. The van der Waals surface area contributed by atoms with Crippen molar-refractivity contribution in [3.63, 3.8) is 0 Å². The monoisotopic (exact) mass is 338 g/mol. The lowest BCUT2D eigenvalue weighted by Gasteiger charge is -2.22. The van der Waals surface area contributed by atoms with Gasteiger partial charge in [-0.1, -0.05) is 18.2 Å². The molecular formula is C20H26N4O. The number of carbonyl (C=O) groups is 1. The highest BCUT2D eigenvalue weighted by Crippen LogP contribution is 2.24. The molecule has 4 rings (SSSR count). The number of rotatable bonds is 4. The molecule has 1 saturated heterocycles. The number of carbonyl (C=O) groups excluding carboxylic acids is 1. The molecule has 1 fully saturated rings. The molecule has 25 heavy (non-hydrogen) atoms. The number of piperidine rings is 1. The van der Waals surface area contributed by atoms with E-state index in [2.05, 4.69) is 45.2 Å². The van der Waals surface area contributed by atoms with Crippen molar-refractivity contribution in [1.29, 1.82) is 0 Å². The summed E-state index contributed by atoms with van der Waals surface area (Å²) in [4.78, 5) is 15.8. The minimum absolute atomic E-state index is 0.00244. The first kappa shape index (κ1) is 16.4. The minimum atomic E-state index is -0.00244. The SMILES string of the molecule is O=C(NCC1CCNCC1)c1cc2ccc(C3=CCNCC3)cc2[nH]1. The van der Waals surface area contributed by atoms with Gasteiger partial charge in [-0.3, -0.25) is 4.79 Å². The van der Waals surface area contributed by atoms with Crippen LogP contribution < -0.4 is 16.0 Å². The van der Waals surface area contributed by atoms with Crippen molar-refractivity contribution in [2.24, 2.45) is 5.92 Å². The van der Waals surface area contributed by atoms with Gasteiger partial charge in [-0.15, -0.1) is 0 Å². The molecule has 0 unspecified atom stereocenters. The molecule has 0 bridgehead atoms. The first-order valence-electron chi connectivity index (χ1n) is 9.31. The van der Waals surface area contributed by atoms with Gasteiger partial charge in [0.2, 0.25) is 0 Å². The summed E-state index contributed by atoms with van der Waals surface area (Å²) in [6.45, 7) is 4.84. The van der Waals surface area contributed by atoms with Crippen LogP contribution in [0.2, 0.25) is 0 Å². The average molecular weight is 338 g/mol. The van der Waals surface area contributed by atoms with E-state index in [1.54, 1.807) is 0 Å². The topological polar surface area (TPSA) is 69.0 Å². The molecule has 132 valence electrons. The van der Waals surface area contributed by atoms with E-state index in [0.717, 1.165) is 62.9 Å². The summed E-state index contributed by atoms with van der Waals surface area (Å²) < 4.78 is 0. The molecule has 1 aromatic heterocycles. The van der Waals surface area contributed by atoms with Crippen molar-refractivity contribution in [2.45, 2.75) is 19.3 Å². The van der Waals surface area contributed by atoms with Gasteiger partial charge < -0.3 is 20.9 Å². The molecular weight excluding hydrogens is 312 g/mol. The summed E-state index contributed by atoms with van der Waals surface area (Å²) in [6, 6.07) is 8.38. The maximum absolute atomic E-state index is 12.5. The van der Waals surface area contributed by atoms with Crippen molar-refractivity contribution in [3.05, 3.63) is 41.6 Å². The van der Waals surface area contributed by atoms with Crippen LogP contribution in [0.15, 0.2) is 30.3 Å². The second-order valence-electron chi connectivity index (χ2n) is 7.07. The van der Waals surface area contributed by atoms with E-state index >= 15 is 0 Å². The number of aromatic nitrogens is 1. The van der Waals surface area contributed by atoms with Crippen molar-refractivity contribution in [1.82, 2.24) is 20.9 Å². The van der Waals surface area contributed by atoms with Crippen LogP contribution in [0.5, 0.6) is 0 Å². The van der Waals surface area contributed by atoms with Crippen LogP contribution in [-0.4, -0.2) is 43.6 Å². The second-order valence-corrected chi connectivity index (χ2v) is 7.07. The van der Waals surface area contributed by atoms with E-state index in [-0.39, 0.29) is 5.91 Å². The number of hydrogen-bond acceptors (Lipinski definition) is 3. The largest absolute Gasteiger partial charge is 0.351 e. The molecule has 5 nitrogen and oxygen atoms in total. The molecule has 0 saturated carbocycles. The number of nitrogens with one attached hydrogen (secondary N) is 4. The predicted molar refractivity (Wildman–Crippen MR) is 102 cm³/mol. The second kappa shape index (κ2) is 7.42. The highest BCUT2D eigenvalue weighted by atomic mass is 16.1. The third kappa shape index (κ3) is 3.78. The van der Waals surface area contributed by atoms with Crippen LogP contribution in [0.4, 0.5) is 0 Å². The molecule has 2 aliphatic heterocycles. The molecule has 4 N–H and O–H groups in total. The van der Waals surface area contributed by atoms with Crippen molar-refractivity contribution < 1.29 is 4.79 Å². The summed E-state index contributed by atoms with van der Waals surface area (Å²) in [5, 5.41) is 10.9. The Morgan fingerprint density at radius 3 is 2.80 bits per heavy atom. The average Bonchev–Trinajstić information content (AvgIpc) is 3.11. The third-order valence-electron chi connectivity index (χ3n) is 5.31. The Morgan fingerprint density at radius 2 is 2.00 bits per heavy atom. The first-order chi connectivity index (χ1) is 12.3. The van der Waals surface area contributed by atoms with Gasteiger partial charge in [0.05, 0.1) is 0 Å². The number of benzene rings is 1. The normalized spacial score (nSPS) is 19.0. The number of fused-ring (bicyclic) bond motifs is 1. The fourth-order valence-corrected chi connectivity index (χ4v) is 3.75. The van der Waals surface area contributed by atoms with Crippen LogP contribution in [0.3, 0.4) is 0 Å². The van der Waals surface area contributed by atoms with Gasteiger partial charge in [-0.2, -0.15) is 0 Å². The molecule has 0 atom stereocenters. The number of H-pyrrole nitrogens is 1. The van der Waals surface area contributed by atoms with Crippen LogP contribution >= 0.6 is 0 Å². The molecule has 0 radical (unpaired) electrons. The molecule has 5 heteroatoms. The minimum Gasteiger partial charge on any atom is -0.351 e. The predicted octanol–water partition coefficient (Wildman–Crippen LogP) is 2.27. The smallest absolute Gasteiger partial charge is 0.267 e. The number of aromatic amines is 1. The van der Waals surface area contributed by atoms with Crippen molar-refractivity contribution in [2.75, 3.05) is 32.7 Å². The Bertz CT molecular complexity index is 786. The van der Waals surface area contributed by atoms with E-state index < -0.39 is 0 Å². The van der Waals surface area contributed by atoms with Gasteiger partial charge in [0, 0.05) is 24.0 Å². The van der Waals surface area contributed by atoms with Crippen molar-refractivity contribution in [3.8, 4) is 0 Å². The Balaban J connectivity index is 1.46. The Labute approximate surface area is 148 Å². The number of amides is 1. The van der Waals surface area contributed by atoms with E-state index in [9.17, 15) is 4.79 Å². The molecule has 2 aromatic rings. The summed E-state index contributed by atoms with van der Waals surface area (Å²) in [5.41, 5.74) is 4.31. The maximum atomic E-state index is 12.5. The lowest BCUT2D eigenvalue weighted by atomic mass is 9.98. The Hall–Kier alpha value is -2.11. The van der Waals surface area contributed by atoms with Gasteiger partial charge in [0.1, 0.15) is 5.69 Å². The third-order valence-corrected chi connectivity index (χ3v) is 5.31.